The first-order valence-electron chi connectivity index (χ1n) is 10.0. The topological polar surface area (TPSA) is 85.9 Å². The average Bonchev–Trinajstić information content (AvgIpc) is 3.28. The second-order valence-corrected chi connectivity index (χ2v) is 10.5. The second kappa shape index (κ2) is 8.16. The molecule has 0 spiro atoms. The molecule has 0 bridgehead atoms. The fraction of sp³-hybridized carbons (Fsp3) is 0.450. The van der Waals surface area contributed by atoms with Crippen LogP contribution in [0.4, 0.5) is 0 Å². The van der Waals surface area contributed by atoms with E-state index >= 15 is 0 Å². The van der Waals surface area contributed by atoms with Crippen LogP contribution in [0.2, 0.25) is 0 Å². The zero-order chi connectivity index (χ0) is 21.5. The Labute approximate surface area is 181 Å². The highest BCUT2D eigenvalue weighted by atomic mass is 32.2. The van der Waals surface area contributed by atoms with E-state index in [1.54, 1.807) is 34.3 Å². The van der Waals surface area contributed by atoms with Gasteiger partial charge in [0.2, 0.25) is 10.0 Å². The lowest BCUT2D eigenvalue weighted by Gasteiger charge is -2.27. The molecule has 0 amide bonds. The Morgan fingerprint density at radius 3 is 2.70 bits per heavy atom. The Hall–Kier alpha value is -2.17. The molecule has 160 valence electrons. The summed E-state index contributed by atoms with van der Waals surface area (Å²) < 4.78 is 32.0. The highest BCUT2D eigenvalue weighted by Crippen LogP contribution is 2.33. The van der Waals surface area contributed by atoms with Gasteiger partial charge in [0.05, 0.1) is 4.90 Å². The smallest absolute Gasteiger partial charge is 0.243 e. The molecular weight excluding hydrogens is 420 g/mol. The molecule has 0 saturated carbocycles. The molecule has 0 unspecified atom stereocenters. The van der Waals surface area contributed by atoms with Crippen molar-refractivity contribution in [3.8, 4) is 11.5 Å². The molecule has 0 saturated heterocycles. The van der Waals surface area contributed by atoms with Crippen LogP contribution >= 0.6 is 11.8 Å². The maximum absolute atomic E-state index is 13.3. The Bertz CT molecular complexity index is 1180. The number of rotatable bonds is 6. The number of aromatic nitrogens is 5. The fourth-order valence-electron chi connectivity index (χ4n) is 3.86. The van der Waals surface area contributed by atoms with Gasteiger partial charge in [0.1, 0.15) is 5.69 Å². The van der Waals surface area contributed by atoms with E-state index in [0.717, 1.165) is 34.3 Å². The Morgan fingerprint density at radius 1 is 1.20 bits per heavy atom. The van der Waals surface area contributed by atoms with Crippen molar-refractivity contribution in [1.82, 2.24) is 28.9 Å². The van der Waals surface area contributed by atoms with Gasteiger partial charge in [-0.25, -0.2) is 8.42 Å². The van der Waals surface area contributed by atoms with Gasteiger partial charge in [-0.2, -0.15) is 9.40 Å². The summed E-state index contributed by atoms with van der Waals surface area (Å²) in [6.07, 6.45) is 0.612. The van der Waals surface area contributed by atoms with Gasteiger partial charge in [0.25, 0.3) is 0 Å². The zero-order valence-electron chi connectivity index (χ0n) is 17.7. The second-order valence-electron chi connectivity index (χ2n) is 7.29. The van der Waals surface area contributed by atoms with Gasteiger partial charge in [-0.1, -0.05) is 30.8 Å². The number of fused-ring (bicyclic) bond motifs is 1. The van der Waals surface area contributed by atoms with Crippen molar-refractivity contribution in [1.29, 1.82) is 0 Å². The molecule has 1 aromatic carbocycles. The lowest BCUT2D eigenvalue weighted by molar-refractivity contribution is 0.386. The normalized spacial score (nSPS) is 14.8. The summed E-state index contributed by atoms with van der Waals surface area (Å²) in [5.41, 5.74) is 3.60. The van der Waals surface area contributed by atoms with E-state index in [2.05, 4.69) is 24.0 Å². The van der Waals surface area contributed by atoms with Crippen LogP contribution < -0.4 is 0 Å². The maximum atomic E-state index is 13.3. The Balaban J connectivity index is 1.75. The molecule has 1 aliphatic rings. The standard InChI is InChI=1S/C20H26N6O2S2/c1-5-26-19(21-22-20(26)29-6-2)18-16-13-25(11-10-17(16)24(4)23-18)30(27,28)15-9-7-8-14(3)12-15/h7-9,12H,5-6,10-11,13H2,1-4H3. The summed E-state index contributed by atoms with van der Waals surface area (Å²) in [5, 5.41) is 14.3. The molecular formula is C20H26N6O2S2. The highest BCUT2D eigenvalue weighted by Gasteiger charge is 2.33. The number of aryl methyl sites for hydroxylation is 2. The average molecular weight is 447 g/mol. The number of thioether (sulfide) groups is 1. The molecule has 2 aromatic heterocycles. The molecule has 1 aliphatic heterocycles. The minimum Gasteiger partial charge on any atom is -0.301 e. The summed E-state index contributed by atoms with van der Waals surface area (Å²) in [4.78, 5) is 0.328. The minimum atomic E-state index is -3.59. The maximum Gasteiger partial charge on any atom is 0.243 e. The number of hydrogen-bond donors (Lipinski definition) is 0. The Kier molecular flexibility index (Phi) is 5.73. The van der Waals surface area contributed by atoms with Crippen LogP contribution in [0, 0.1) is 6.92 Å². The third-order valence-electron chi connectivity index (χ3n) is 5.35. The van der Waals surface area contributed by atoms with Crippen molar-refractivity contribution in [3.05, 3.63) is 41.1 Å². The van der Waals surface area contributed by atoms with Gasteiger partial charge in [-0.15, -0.1) is 10.2 Å². The summed E-state index contributed by atoms with van der Waals surface area (Å²) in [6, 6.07) is 7.06. The predicted octanol–water partition coefficient (Wildman–Crippen LogP) is 2.87. The van der Waals surface area contributed by atoms with Crippen molar-refractivity contribution in [3.63, 3.8) is 0 Å². The van der Waals surface area contributed by atoms with Crippen LogP contribution in [0.1, 0.15) is 30.7 Å². The molecule has 0 atom stereocenters. The first kappa shape index (κ1) is 21.1. The van der Waals surface area contributed by atoms with E-state index in [4.69, 9.17) is 5.10 Å². The van der Waals surface area contributed by atoms with Gasteiger partial charge in [0.15, 0.2) is 11.0 Å². The molecule has 0 fully saturated rings. The molecule has 4 rings (SSSR count). The zero-order valence-corrected chi connectivity index (χ0v) is 19.3. The lowest BCUT2D eigenvalue weighted by Crippen LogP contribution is -2.36. The lowest BCUT2D eigenvalue weighted by atomic mass is 10.1. The van der Waals surface area contributed by atoms with Crippen molar-refractivity contribution in [2.24, 2.45) is 7.05 Å². The third-order valence-corrected chi connectivity index (χ3v) is 8.04. The van der Waals surface area contributed by atoms with E-state index in [1.165, 1.54) is 0 Å². The fourth-order valence-corrected chi connectivity index (χ4v) is 6.10. The van der Waals surface area contributed by atoms with Crippen molar-refractivity contribution in [2.45, 2.75) is 50.3 Å². The molecule has 3 heterocycles. The monoisotopic (exact) mass is 446 g/mol. The molecule has 0 N–H and O–H groups in total. The number of hydrogen-bond acceptors (Lipinski definition) is 6. The summed E-state index contributed by atoms with van der Waals surface area (Å²) in [6.45, 7) is 7.46. The van der Waals surface area contributed by atoms with E-state index in [0.29, 0.717) is 29.4 Å². The SMILES string of the molecule is CCSc1nnc(-c2nn(C)c3c2CN(S(=O)(=O)c2cccc(C)c2)CC3)n1CC. The summed E-state index contributed by atoms with van der Waals surface area (Å²) >= 11 is 1.64. The Morgan fingerprint density at radius 2 is 2.00 bits per heavy atom. The van der Waals surface area contributed by atoms with Crippen LogP contribution in [0.3, 0.4) is 0 Å². The van der Waals surface area contributed by atoms with Gasteiger partial charge in [-0.3, -0.25) is 4.68 Å². The van der Waals surface area contributed by atoms with Crippen molar-refractivity contribution >= 4 is 21.8 Å². The van der Waals surface area contributed by atoms with E-state index < -0.39 is 10.0 Å². The van der Waals surface area contributed by atoms with Crippen molar-refractivity contribution in [2.75, 3.05) is 12.3 Å². The molecule has 0 aliphatic carbocycles. The number of sulfonamides is 1. The first-order chi connectivity index (χ1) is 14.4. The molecule has 3 aromatic rings. The first-order valence-corrected chi connectivity index (χ1v) is 12.5. The van der Waals surface area contributed by atoms with Gasteiger partial charge in [-0.05, 0) is 37.3 Å². The van der Waals surface area contributed by atoms with E-state index in [1.807, 2.05) is 29.3 Å². The van der Waals surface area contributed by atoms with Gasteiger partial charge >= 0.3 is 0 Å². The molecule has 10 heteroatoms. The van der Waals surface area contributed by atoms with Crippen LogP contribution in [-0.4, -0.2) is 49.6 Å². The molecule has 0 radical (unpaired) electrons. The quantitative estimate of drug-likeness (QED) is 0.541. The van der Waals surface area contributed by atoms with Crippen LogP contribution in [0.25, 0.3) is 11.5 Å². The van der Waals surface area contributed by atoms with E-state index in [-0.39, 0.29) is 6.54 Å². The number of benzene rings is 1. The minimum absolute atomic E-state index is 0.279. The van der Waals surface area contributed by atoms with Crippen LogP contribution in [-0.2, 0) is 36.6 Å². The summed E-state index contributed by atoms with van der Waals surface area (Å²) in [7, 11) is -1.68. The molecule has 8 nitrogen and oxygen atoms in total. The number of nitrogens with zero attached hydrogens (tertiary/aromatic N) is 6. The van der Waals surface area contributed by atoms with Gasteiger partial charge < -0.3 is 4.57 Å². The van der Waals surface area contributed by atoms with E-state index in [9.17, 15) is 8.42 Å². The van der Waals surface area contributed by atoms with Crippen LogP contribution in [0.5, 0.6) is 0 Å². The predicted molar refractivity (Wildman–Crippen MR) is 117 cm³/mol. The van der Waals surface area contributed by atoms with Crippen LogP contribution in [0.15, 0.2) is 34.3 Å². The molecule has 30 heavy (non-hydrogen) atoms. The highest BCUT2D eigenvalue weighted by molar-refractivity contribution is 7.99. The van der Waals surface area contributed by atoms with Crippen molar-refractivity contribution < 1.29 is 8.42 Å². The summed E-state index contributed by atoms with van der Waals surface area (Å²) in [5.74, 6) is 1.60. The third kappa shape index (κ3) is 3.57. The largest absolute Gasteiger partial charge is 0.301 e. The van der Waals surface area contributed by atoms with Gasteiger partial charge in [0, 0.05) is 44.4 Å².